The molecular formula is C17H22N4O. The standard InChI is InChI=1S/C17H22N4O/c1-11-12(2)19-16(20-17(11)22)14-6-7-15(18-10-14)21(3)9-8-13-4-5-13/h6-7,10,13H,4-5,8-9H2,1-3H3,(H,19,20,22). The van der Waals surface area contributed by atoms with Crippen molar-refractivity contribution in [3.05, 3.63) is 39.9 Å². The second-order valence-corrected chi connectivity index (χ2v) is 6.18. The summed E-state index contributed by atoms with van der Waals surface area (Å²) in [5.41, 5.74) is 2.16. The minimum atomic E-state index is -0.0897. The van der Waals surface area contributed by atoms with Crippen LogP contribution in [0.3, 0.4) is 0 Å². The number of pyridine rings is 1. The number of hydrogen-bond donors (Lipinski definition) is 1. The fraction of sp³-hybridized carbons (Fsp3) is 0.471. The molecule has 0 unspecified atom stereocenters. The second-order valence-electron chi connectivity index (χ2n) is 6.18. The number of anilines is 1. The first-order chi connectivity index (χ1) is 10.5. The van der Waals surface area contributed by atoms with E-state index in [1.807, 2.05) is 19.1 Å². The maximum absolute atomic E-state index is 11.8. The lowest BCUT2D eigenvalue weighted by atomic mass is 10.2. The Morgan fingerprint density at radius 2 is 2.09 bits per heavy atom. The van der Waals surface area contributed by atoms with Crippen molar-refractivity contribution < 1.29 is 0 Å². The SMILES string of the molecule is Cc1nc(-c2ccc(N(C)CCC3CC3)nc2)[nH]c(=O)c1C. The van der Waals surface area contributed by atoms with Crippen LogP contribution in [0.15, 0.2) is 23.1 Å². The zero-order chi connectivity index (χ0) is 15.7. The zero-order valence-corrected chi connectivity index (χ0v) is 13.4. The first kappa shape index (κ1) is 14.8. The van der Waals surface area contributed by atoms with Gasteiger partial charge in [-0.3, -0.25) is 4.79 Å². The third-order valence-corrected chi connectivity index (χ3v) is 4.38. The molecule has 1 fully saturated rings. The molecule has 0 amide bonds. The Morgan fingerprint density at radius 1 is 1.32 bits per heavy atom. The van der Waals surface area contributed by atoms with E-state index in [4.69, 9.17) is 0 Å². The molecule has 22 heavy (non-hydrogen) atoms. The molecular weight excluding hydrogens is 276 g/mol. The van der Waals surface area contributed by atoms with Crippen molar-refractivity contribution >= 4 is 5.82 Å². The number of aromatic nitrogens is 3. The molecule has 2 aromatic heterocycles. The van der Waals surface area contributed by atoms with E-state index in [9.17, 15) is 4.79 Å². The van der Waals surface area contributed by atoms with E-state index in [1.54, 1.807) is 13.1 Å². The lowest BCUT2D eigenvalue weighted by Crippen LogP contribution is -2.20. The Hall–Kier alpha value is -2.17. The first-order valence-electron chi connectivity index (χ1n) is 7.79. The fourth-order valence-electron chi connectivity index (χ4n) is 2.43. The molecule has 0 aromatic carbocycles. The molecule has 0 bridgehead atoms. The molecule has 1 aliphatic rings. The molecule has 0 aliphatic heterocycles. The minimum absolute atomic E-state index is 0.0897. The Bertz CT molecular complexity index is 716. The van der Waals surface area contributed by atoms with E-state index in [2.05, 4.69) is 26.9 Å². The van der Waals surface area contributed by atoms with Crippen LogP contribution in [0.5, 0.6) is 0 Å². The van der Waals surface area contributed by atoms with Crippen LogP contribution < -0.4 is 10.5 Å². The summed E-state index contributed by atoms with van der Waals surface area (Å²) in [6, 6.07) is 3.94. The van der Waals surface area contributed by atoms with E-state index >= 15 is 0 Å². The van der Waals surface area contributed by atoms with Gasteiger partial charge in [-0.2, -0.15) is 0 Å². The average molecular weight is 298 g/mol. The summed E-state index contributed by atoms with van der Waals surface area (Å²) in [5.74, 6) is 2.45. The molecule has 0 atom stereocenters. The van der Waals surface area contributed by atoms with Crippen molar-refractivity contribution in [2.45, 2.75) is 33.1 Å². The predicted molar refractivity (Wildman–Crippen MR) is 88.2 cm³/mol. The van der Waals surface area contributed by atoms with Gasteiger partial charge in [0, 0.05) is 36.6 Å². The normalized spacial score (nSPS) is 14.1. The van der Waals surface area contributed by atoms with Gasteiger partial charge < -0.3 is 9.88 Å². The van der Waals surface area contributed by atoms with E-state index in [0.29, 0.717) is 11.4 Å². The fourth-order valence-corrected chi connectivity index (χ4v) is 2.43. The van der Waals surface area contributed by atoms with Crippen LogP contribution in [-0.4, -0.2) is 28.5 Å². The smallest absolute Gasteiger partial charge is 0.254 e. The van der Waals surface area contributed by atoms with Crippen molar-refractivity contribution in [3.8, 4) is 11.4 Å². The molecule has 1 aliphatic carbocycles. The first-order valence-corrected chi connectivity index (χ1v) is 7.79. The highest BCUT2D eigenvalue weighted by Crippen LogP contribution is 2.32. The Balaban J connectivity index is 1.77. The van der Waals surface area contributed by atoms with Crippen LogP contribution in [0.25, 0.3) is 11.4 Å². The third-order valence-electron chi connectivity index (χ3n) is 4.38. The number of aryl methyl sites for hydroxylation is 1. The Morgan fingerprint density at radius 3 is 2.68 bits per heavy atom. The summed E-state index contributed by atoms with van der Waals surface area (Å²) in [4.78, 5) is 25.8. The minimum Gasteiger partial charge on any atom is -0.360 e. The summed E-state index contributed by atoms with van der Waals surface area (Å²) in [6.45, 7) is 4.67. The summed E-state index contributed by atoms with van der Waals surface area (Å²) in [6.07, 6.45) is 5.78. The molecule has 1 saturated carbocycles. The number of hydrogen-bond acceptors (Lipinski definition) is 4. The van der Waals surface area contributed by atoms with Gasteiger partial charge in [0.05, 0.1) is 0 Å². The predicted octanol–water partition coefficient (Wildman–Crippen LogP) is 2.69. The van der Waals surface area contributed by atoms with Gasteiger partial charge in [-0.15, -0.1) is 0 Å². The van der Waals surface area contributed by atoms with Gasteiger partial charge in [0.25, 0.3) is 5.56 Å². The van der Waals surface area contributed by atoms with E-state index in [-0.39, 0.29) is 5.56 Å². The number of nitrogens with one attached hydrogen (secondary N) is 1. The van der Waals surface area contributed by atoms with Crippen LogP contribution >= 0.6 is 0 Å². The molecule has 5 nitrogen and oxygen atoms in total. The highest BCUT2D eigenvalue weighted by atomic mass is 16.1. The van der Waals surface area contributed by atoms with Gasteiger partial charge in [-0.25, -0.2) is 9.97 Å². The summed E-state index contributed by atoms with van der Waals surface area (Å²) >= 11 is 0. The highest BCUT2D eigenvalue weighted by Gasteiger charge is 2.21. The van der Waals surface area contributed by atoms with Crippen LogP contribution in [0, 0.1) is 19.8 Å². The van der Waals surface area contributed by atoms with Crippen LogP contribution in [0.1, 0.15) is 30.5 Å². The Labute approximate surface area is 130 Å². The molecule has 116 valence electrons. The summed E-state index contributed by atoms with van der Waals surface area (Å²) < 4.78 is 0. The quantitative estimate of drug-likeness (QED) is 0.922. The lowest BCUT2D eigenvalue weighted by molar-refractivity contribution is 0.706. The number of rotatable bonds is 5. The van der Waals surface area contributed by atoms with Crippen LogP contribution in [-0.2, 0) is 0 Å². The number of H-pyrrole nitrogens is 1. The van der Waals surface area contributed by atoms with Gasteiger partial charge >= 0.3 is 0 Å². The maximum Gasteiger partial charge on any atom is 0.254 e. The molecule has 1 N–H and O–H groups in total. The van der Waals surface area contributed by atoms with Crippen molar-refractivity contribution in [2.75, 3.05) is 18.5 Å². The van der Waals surface area contributed by atoms with Gasteiger partial charge in [0.15, 0.2) is 0 Å². The van der Waals surface area contributed by atoms with Crippen molar-refractivity contribution in [2.24, 2.45) is 5.92 Å². The van der Waals surface area contributed by atoms with Crippen molar-refractivity contribution in [3.63, 3.8) is 0 Å². The second kappa shape index (κ2) is 5.91. The topological polar surface area (TPSA) is 61.9 Å². The van der Waals surface area contributed by atoms with Gasteiger partial charge in [-0.1, -0.05) is 12.8 Å². The van der Waals surface area contributed by atoms with Gasteiger partial charge in [-0.05, 0) is 38.3 Å². The van der Waals surface area contributed by atoms with E-state index in [0.717, 1.165) is 29.5 Å². The molecule has 2 heterocycles. The molecule has 5 heteroatoms. The van der Waals surface area contributed by atoms with Crippen molar-refractivity contribution in [1.82, 2.24) is 15.0 Å². The van der Waals surface area contributed by atoms with E-state index < -0.39 is 0 Å². The molecule has 0 saturated heterocycles. The molecule has 2 aromatic rings. The summed E-state index contributed by atoms with van der Waals surface area (Å²) in [5, 5.41) is 0. The monoisotopic (exact) mass is 298 g/mol. The largest absolute Gasteiger partial charge is 0.360 e. The molecule has 3 rings (SSSR count). The number of aromatic amines is 1. The zero-order valence-electron chi connectivity index (χ0n) is 13.4. The molecule has 0 spiro atoms. The average Bonchev–Trinajstić information content (AvgIpc) is 3.34. The lowest BCUT2D eigenvalue weighted by Gasteiger charge is -2.18. The van der Waals surface area contributed by atoms with Gasteiger partial charge in [0.2, 0.25) is 0 Å². The van der Waals surface area contributed by atoms with E-state index in [1.165, 1.54) is 19.3 Å². The van der Waals surface area contributed by atoms with Gasteiger partial charge in [0.1, 0.15) is 11.6 Å². The molecule has 0 radical (unpaired) electrons. The van der Waals surface area contributed by atoms with Crippen LogP contribution in [0.2, 0.25) is 0 Å². The van der Waals surface area contributed by atoms with Crippen LogP contribution in [0.4, 0.5) is 5.82 Å². The maximum atomic E-state index is 11.8. The summed E-state index contributed by atoms with van der Waals surface area (Å²) in [7, 11) is 2.07. The highest BCUT2D eigenvalue weighted by molar-refractivity contribution is 5.56. The third kappa shape index (κ3) is 3.18. The number of nitrogens with zero attached hydrogens (tertiary/aromatic N) is 3. The Kier molecular flexibility index (Phi) is 3.96. The van der Waals surface area contributed by atoms with Crippen molar-refractivity contribution in [1.29, 1.82) is 0 Å².